The summed E-state index contributed by atoms with van der Waals surface area (Å²) >= 11 is 0. The Bertz CT molecular complexity index is 882. The summed E-state index contributed by atoms with van der Waals surface area (Å²) in [6.07, 6.45) is 0. The minimum absolute atomic E-state index is 0.0615. The first-order valence-corrected chi connectivity index (χ1v) is 8.85. The van der Waals surface area contributed by atoms with Crippen LogP contribution in [0.4, 0.5) is 10.1 Å². The summed E-state index contributed by atoms with van der Waals surface area (Å²) in [6, 6.07) is 9.48. The quantitative estimate of drug-likeness (QED) is 0.734. The van der Waals surface area contributed by atoms with Crippen molar-refractivity contribution in [2.75, 3.05) is 25.1 Å². The first kappa shape index (κ1) is 18.7. The van der Waals surface area contributed by atoms with Gasteiger partial charge in [0.15, 0.2) is 11.6 Å². The van der Waals surface area contributed by atoms with E-state index in [1.54, 1.807) is 19.1 Å². The first-order chi connectivity index (χ1) is 11.8. The van der Waals surface area contributed by atoms with Gasteiger partial charge in [-0.3, -0.25) is 4.31 Å². The lowest BCUT2D eigenvalue weighted by molar-refractivity contribution is 0.0527. The Morgan fingerprint density at radius 2 is 1.88 bits per heavy atom. The summed E-state index contributed by atoms with van der Waals surface area (Å²) in [5, 5.41) is 0. The Morgan fingerprint density at radius 1 is 1.20 bits per heavy atom. The second kappa shape index (κ2) is 7.52. The highest BCUT2D eigenvalue weighted by atomic mass is 32.2. The third-order valence-corrected chi connectivity index (χ3v) is 5.29. The van der Waals surface area contributed by atoms with E-state index in [0.717, 1.165) is 10.4 Å². The summed E-state index contributed by atoms with van der Waals surface area (Å²) < 4.78 is 50.1. The molecule has 0 fully saturated rings. The van der Waals surface area contributed by atoms with Crippen molar-refractivity contribution in [2.24, 2.45) is 0 Å². The van der Waals surface area contributed by atoms with Crippen molar-refractivity contribution in [3.05, 3.63) is 53.8 Å². The van der Waals surface area contributed by atoms with Gasteiger partial charge < -0.3 is 9.47 Å². The third-order valence-electron chi connectivity index (χ3n) is 3.52. The number of nitrogens with zero attached hydrogens (tertiary/aromatic N) is 1. The Labute approximate surface area is 145 Å². The standard InChI is InChI=1S/C17H18FNO5S/c1-4-24-17(20)13-7-5-6-8-15(13)19(2)25(21,22)12-9-10-16(23-3)14(18)11-12/h5-11H,4H2,1-3H3. The van der Waals surface area contributed by atoms with E-state index < -0.39 is 21.8 Å². The van der Waals surface area contributed by atoms with Crippen LogP contribution in [0.1, 0.15) is 17.3 Å². The van der Waals surface area contributed by atoms with Crippen LogP contribution in [-0.4, -0.2) is 35.2 Å². The van der Waals surface area contributed by atoms with Gasteiger partial charge in [0.2, 0.25) is 0 Å². The molecule has 6 nitrogen and oxygen atoms in total. The summed E-state index contributed by atoms with van der Waals surface area (Å²) in [5.74, 6) is -1.50. The minimum atomic E-state index is -4.08. The zero-order valence-corrected chi connectivity index (χ0v) is 14.8. The van der Waals surface area contributed by atoms with E-state index in [0.29, 0.717) is 0 Å². The third kappa shape index (κ3) is 3.74. The van der Waals surface area contributed by atoms with E-state index in [4.69, 9.17) is 9.47 Å². The lowest BCUT2D eigenvalue weighted by atomic mass is 10.2. The lowest BCUT2D eigenvalue weighted by Crippen LogP contribution is -2.28. The maximum Gasteiger partial charge on any atom is 0.340 e. The maximum atomic E-state index is 13.9. The van der Waals surface area contributed by atoms with Crippen molar-refractivity contribution in [3.8, 4) is 5.75 Å². The fourth-order valence-electron chi connectivity index (χ4n) is 2.22. The summed E-state index contributed by atoms with van der Waals surface area (Å²) in [5.41, 5.74) is 0.238. The van der Waals surface area contributed by atoms with Crippen LogP contribution < -0.4 is 9.04 Å². The van der Waals surface area contributed by atoms with Gasteiger partial charge in [-0.05, 0) is 37.3 Å². The number of carbonyl (C=O) groups is 1. The molecule has 2 aromatic rings. The average molecular weight is 367 g/mol. The van der Waals surface area contributed by atoms with Crippen LogP contribution in [-0.2, 0) is 14.8 Å². The molecule has 0 unspecified atom stereocenters. The number of halogens is 1. The fraction of sp³-hybridized carbons (Fsp3) is 0.235. The molecule has 0 aromatic heterocycles. The van der Waals surface area contributed by atoms with Crippen molar-refractivity contribution in [1.82, 2.24) is 0 Å². The van der Waals surface area contributed by atoms with Gasteiger partial charge >= 0.3 is 5.97 Å². The highest BCUT2D eigenvalue weighted by Crippen LogP contribution is 2.28. The molecule has 0 atom stereocenters. The van der Waals surface area contributed by atoms with Crippen LogP contribution in [0.2, 0.25) is 0 Å². The highest BCUT2D eigenvalue weighted by Gasteiger charge is 2.26. The van der Waals surface area contributed by atoms with E-state index in [1.807, 2.05) is 0 Å². The number of rotatable bonds is 6. The second-order valence-corrected chi connectivity index (χ2v) is 6.98. The molecule has 0 N–H and O–H groups in total. The highest BCUT2D eigenvalue weighted by molar-refractivity contribution is 7.92. The molecular weight excluding hydrogens is 349 g/mol. The van der Waals surface area contributed by atoms with Crippen LogP contribution in [0.5, 0.6) is 5.75 Å². The second-order valence-electron chi connectivity index (χ2n) is 5.01. The maximum absolute atomic E-state index is 13.9. The van der Waals surface area contributed by atoms with Gasteiger partial charge in [0, 0.05) is 7.05 Å². The van der Waals surface area contributed by atoms with Crippen molar-refractivity contribution < 1.29 is 27.1 Å². The largest absolute Gasteiger partial charge is 0.494 e. The van der Waals surface area contributed by atoms with E-state index in [9.17, 15) is 17.6 Å². The Balaban J connectivity index is 2.48. The van der Waals surface area contributed by atoms with Crippen LogP contribution in [0.3, 0.4) is 0 Å². The smallest absolute Gasteiger partial charge is 0.340 e. The molecule has 0 heterocycles. The SMILES string of the molecule is CCOC(=O)c1ccccc1N(C)S(=O)(=O)c1ccc(OC)c(F)c1. The van der Waals surface area contributed by atoms with Gasteiger partial charge in [-0.25, -0.2) is 17.6 Å². The lowest BCUT2D eigenvalue weighted by Gasteiger charge is -2.22. The topological polar surface area (TPSA) is 72.9 Å². The molecule has 0 bridgehead atoms. The molecule has 0 amide bonds. The first-order valence-electron chi connectivity index (χ1n) is 7.41. The molecule has 2 rings (SSSR count). The molecular formula is C17H18FNO5S. The number of sulfonamides is 1. The molecule has 0 aliphatic carbocycles. The molecule has 0 aliphatic heterocycles. The Hall–Kier alpha value is -2.61. The van der Waals surface area contributed by atoms with Gasteiger partial charge in [0.25, 0.3) is 10.0 Å². The van der Waals surface area contributed by atoms with E-state index in [2.05, 4.69) is 0 Å². The number of esters is 1. The number of hydrogen-bond donors (Lipinski definition) is 0. The van der Waals surface area contributed by atoms with Crippen LogP contribution >= 0.6 is 0 Å². The summed E-state index contributed by atoms with van der Waals surface area (Å²) in [6.45, 7) is 1.81. The van der Waals surface area contributed by atoms with Gasteiger partial charge in [-0.15, -0.1) is 0 Å². The number of methoxy groups -OCH3 is 1. The predicted octanol–water partition coefficient (Wildman–Crippen LogP) is 2.84. The molecule has 0 radical (unpaired) electrons. The number of carbonyl (C=O) groups excluding carboxylic acids is 1. The average Bonchev–Trinajstić information content (AvgIpc) is 2.61. The molecule has 0 spiro atoms. The zero-order chi connectivity index (χ0) is 18.6. The molecule has 25 heavy (non-hydrogen) atoms. The zero-order valence-electron chi connectivity index (χ0n) is 14.0. The normalized spacial score (nSPS) is 11.0. The summed E-state index contributed by atoms with van der Waals surface area (Å²) in [7, 11) is -1.51. The molecule has 8 heteroatoms. The molecule has 0 saturated heterocycles. The van der Waals surface area contributed by atoms with Crippen molar-refractivity contribution in [3.63, 3.8) is 0 Å². The fourth-order valence-corrected chi connectivity index (χ4v) is 3.45. The Morgan fingerprint density at radius 3 is 2.48 bits per heavy atom. The van der Waals surface area contributed by atoms with Crippen molar-refractivity contribution in [2.45, 2.75) is 11.8 Å². The van der Waals surface area contributed by atoms with Gasteiger partial charge in [-0.2, -0.15) is 0 Å². The van der Waals surface area contributed by atoms with Crippen molar-refractivity contribution >= 4 is 21.7 Å². The number of benzene rings is 2. The number of anilines is 1. The monoisotopic (exact) mass is 367 g/mol. The van der Waals surface area contributed by atoms with Gasteiger partial charge in [0.05, 0.1) is 29.9 Å². The van der Waals surface area contributed by atoms with Gasteiger partial charge in [0.1, 0.15) is 0 Å². The number of ether oxygens (including phenoxy) is 2. The number of hydrogen-bond acceptors (Lipinski definition) is 5. The summed E-state index contributed by atoms with van der Waals surface area (Å²) in [4.78, 5) is 11.8. The van der Waals surface area contributed by atoms with Crippen LogP contribution in [0.15, 0.2) is 47.4 Å². The van der Waals surface area contributed by atoms with Gasteiger partial charge in [-0.1, -0.05) is 12.1 Å². The number of para-hydroxylation sites is 1. The van der Waals surface area contributed by atoms with Crippen LogP contribution in [0, 0.1) is 5.82 Å². The Kier molecular flexibility index (Phi) is 5.63. The predicted molar refractivity (Wildman–Crippen MR) is 90.9 cm³/mol. The van der Waals surface area contributed by atoms with E-state index in [-0.39, 0.29) is 28.5 Å². The minimum Gasteiger partial charge on any atom is -0.494 e. The van der Waals surface area contributed by atoms with E-state index >= 15 is 0 Å². The molecule has 0 saturated carbocycles. The molecule has 2 aromatic carbocycles. The molecule has 0 aliphatic rings. The van der Waals surface area contributed by atoms with Crippen molar-refractivity contribution in [1.29, 1.82) is 0 Å². The van der Waals surface area contributed by atoms with Crippen LogP contribution in [0.25, 0.3) is 0 Å². The van der Waals surface area contributed by atoms with E-state index in [1.165, 1.54) is 38.4 Å². The molecule has 134 valence electrons.